The molecule has 2 aromatic carbocycles. The molecule has 0 aliphatic rings. The Hall–Kier alpha value is -2.27. The highest BCUT2D eigenvalue weighted by Gasteiger charge is 2.18. The lowest BCUT2D eigenvalue weighted by molar-refractivity contribution is -0.150. The van der Waals surface area contributed by atoms with Gasteiger partial charge in [0.05, 0.1) is 5.75 Å². The maximum Gasteiger partial charge on any atom is 0.317 e. The molecule has 2 aromatic rings. The molecule has 1 unspecified atom stereocenters. The van der Waals surface area contributed by atoms with Crippen LogP contribution in [-0.2, 0) is 14.3 Å². The van der Waals surface area contributed by atoms with Crippen LogP contribution in [0.5, 0.6) is 0 Å². The summed E-state index contributed by atoms with van der Waals surface area (Å²) in [5.74, 6) is -0.576. The zero-order valence-electron chi connectivity index (χ0n) is 13.1. The van der Waals surface area contributed by atoms with Crippen molar-refractivity contribution in [1.29, 1.82) is 0 Å². The fourth-order valence-corrected chi connectivity index (χ4v) is 2.72. The highest BCUT2D eigenvalue weighted by molar-refractivity contribution is 8.00. The molecule has 0 radical (unpaired) electrons. The van der Waals surface area contributed by atoms with Crippen molar-refractivity contribution in [3.05, 3.63) is 60.2 Å². The van der Waals surface area contributed by atoms with E-state index in [1.54, 1.807) is 19.1 Å². The van der Waals surface area contributed by atoms with Gasteiger partial charge < -0.3 is 10.1 Å². The zero-order chi connectivity index (χ0) is 16.7. The Morgan fingerprint density at radius 3 is 2.43 bits per heavy atom. The molecule has 1 N–H and O–H groups in total. The minimum atomic E-state index is -0.833. The Morgan fingerprint density at radius 2 is 1.74 bits per heavy atom. The smallest absolute Gasteiger partial charge is 0.317 e. The van der Waals surface area contributed by atoms with Gasteiger partial charge >= 0.3 is 5.97 Å². The van der Waals surface area contributed by atoms with Crippen molar-refractivity contribution < 1.29 is 14.3 Å². The molecule has 1 atom stereocenters. The van der Waals surface area contributed by atoms with Crippen LogP contribution in [0.15, 0.2) is 59.5 Å². The average molecular weight is 329 g/mol. The van der Waals surface area contributed by atoms with Gasteiger partial charge in [0.2, 0.25) is 0 Å². The number of hydrogen-bond acceptors (Lipinski definition) is 4. The van der Waals surface area contributed by atoms with E-state index in [-0.39, 0.29) is 11.7 Å². The van der Waals surface area contributed by atoms with E-state index >= 15 is 0 Å². The number of carbonyl (C=O) groups excluding carboxylic acids is 2. The van der Waals surface area contributed by atoms with Gasteiger partial charge in [0.1, 0.15) is 0 Å². The summed E-state index contributed by atoms with van der Waals surface area (Å²) < 4.78 is 5.17. The molecule has 120 valence electrons. The maximum atomic E-state index is 12.0. The van der Waals surface area contributed by atoms with Crippen LogP contribution in [0.2, 0.25) is 0 Å². The van der Waals surface area contributed by atoms with Gasteiger partial charge in [-0.05, 0) is 37.6 Å². The van der Waals surface area contributed by atoms with E-state index in [2.05, 4.69) is 5.32 Å². The van der Waals surface area contributed by atoms with Gasteiger partial charge in [0, 0.05) is 10.6 Å². The molecule has 5 heteroatoms. The van der Waals surface area contributed by atoms with Crippen molar-refractivity contribution in [2.24, 2.45) is 0 Å². The molecule has 0 heterocycles. The summed E-state index contributed by atoms with van der Waals surface area (Å²) in [7, 11) is 0. The van der Waals surface area contributed by atoms with Gasteiger partial charge in [0.15, 0.2) is 6.10 Å². The minimum absolute atomic E-state index is 0.174. The van der Waals surface area contributed by atoms with Gasteiger partial charge in [-0.3, -0.25) is 9.59 Å². The van der Waals surface area contributed by atoms with E-state index < -0.39 is 12.1 Å². The lowest BCUT2D eigenvalue weighted by Crippen LogP contribution is -2.30. The number of hydrogen-bond donors (Lipinski definition) is 1. The fourth-order valence-electron chi connectivity index (χ4n) is 1.91. The predicted molar refractivity (Wildman–Crippen MR) is 92.5 cm³/mol. The summed E-state index contributed by atoms with van der Waals surface area (Å²) in [6.07, 6.45) is -0.833. The van der Waals surface area contributed by atoms with Crippen molar-refractivity contribution in [1.82, 2.24) is 0 Å². The molecule has 0 fully saturated rings. The number of nitrogens with one attached hydrogen (secondary N) is 1. The number of esters is 1. The van der Waals surface area contributed by atoms with Crippen molar-refractivity contribution in [2.75, 3.05) is 11.1 Å². The number of thioether (sulfide) groups is 1. The van der Waals surface area contributed by atoms with E-state index in [9.17, 15) is 9.59 Å². The van der Waals surface area contributed by atoms with E-state index in [4.69, 9.17) is 4.74 Å². The first kappa shape index (κ1) is 17.1. The zero-order valence-corrected chi connectivity index (χ0v) is 13.9. The van der Waals surface area contributed by atoms with E-state index in [0.717, 1.165) is 10.5 Å². The summed E-state index contributed by atoms with van der Waals surface area (Å²) >= 11 is 1.41. The minimum Gasteiger partial charge on any atom is -0.452 e. The molecule has 0 aliphatic heterocycles. The van der Waals surface area contributed by atoms with E-state index in [1.807, 2.05) is 49.4 Å². The molecule has 0 saturated heterocycles. The predicted octanol–water partition coefficient (Wildman–Crippen LogP) is 3.66. The number of para-hydroxylation sites is 1. The third kappa shape index (κ3) is 5.45. The molecule has 0 aromatic heterocycles. The molecule has 23 heavy (non-hydrogen) atoms. The second-order valence-corrected chi connectivity index (χ2v) is 6.06. The molecule has 4 nitrogen and oxygen atoms in total. The van der Waals surface area contributed by atoms with Crippen LogP contribution in [0.4, 0.5) is 5.69 Å². The Balaban J connectivity index is 1.80. The lowest BCUT2D eigenvalue weighted by Gasteiger charge is -2.13. The summed E-state index contributed by atoms with van der Waals surface area (Å²) in [6, 6.07) is 16.9. The number of aryl methyl sites for hydroxylation is 1. The van der Waals surface area contributed by atoms with Crippen LogP contribution in [0.3, 0.4) is 0 Å². The molecular formula is C18H19NO3S. The Bertz CT molecular complexity index is 673. The molecule has 0 bridgehead atoms. The monoisotopic (exact) mass is 329 g/mol. The van der Waals surface area contributed by atoms with Gasteiger partial charge in [0.25, 0.3) is 5.91 Å². The largest absolute Gasteiger partial charge is 0.452 e. The maximum absolute atomic E-state index is 12.0. The summed E-state index contributed by atoms with van der Waals surface area (Å²) in [4.78, 5) is 24.9. The molecule has 1 amide bonds. The van der Waals surface area contributed by atoms with E-state index in [1.165, 1.54) is 11.8 Å². The third-order valence-corrected chi connectivity index (χ3v) is 4.31. The van der Waals surface area contributed by atoms with Crippen molar-refractivity contribution in [3.63, 3.8) is 0 Å². The topological polar surface area (TPSA) is 55.4 Å². The molecular weight excluding hydrogens is 310 g/mol. The number of carbonyl (C=O) groups is 2. The first-order valence-electron chi connectivity index (χ1n) is 7.30. The number of ether oxygens (including phenoxy) is 1. The quantitative estimate of drug-likeness (QED) is 0.649. The SMILES string of the molecule is Cc1ccccc1SCC(=O)OC(C)C(=O)Nc1ccccc1. The van der Waals surface area contributed by atoms with Crippen LogP contribution in [-0.4, -0.2) is 23.7 Å². The molecule has 0 saturated carbocycles. The van der Waals surface area contributed by atoms with Crippen molar-refractivity contribution in [2.45, 2.75) is 24.8 Å². The van der Waals surface area contributed by atoms with Crippen LogP contribution in [0.25, 0.3) is 0 Å². The first-order chi connectivity index (χ1) is 11.1. The summed E-state index contributed by atoms with van der Waals surface area (Å²) in [5.41, 5.74) is 1.79. The fraction of sp³-hybridized carbons (Fsp3) is 0.222. The van der Waals surface area contributed by atoms with Crippen LogP contribution < -0.4 is 5.32 Å². The lowest BCUT2D eigenvalue weighted by atomic mass is 10.2. The van der Waals surface area contributed by atoms with Crippen molar-refractivity contribution in [3.8, 4) is 0 Å². The normalized spacial score (nSPS) is 11.6. The second kappa shape index (κ2) is 8.39. The van der Waals surface area contributed by atoms with Gasteiger partial charge in [-0.15, -0.1) is 11.8 Å². The van der Waals surface area contributed by atoms with Crippen LogP contribution >= 0.6 is 11.8 Å². The average Bonchev–Trinajstić information content (AvgIpc) is 2.55. The molecule has 0 aliphatic carbocycles. The van der Waals surface area contributed by atoms with Gasteiger partial charge in [-0.1, -0.05) is 36.4 Å². The first-order valence-corrected chi connectivity index (χ1v) is 8.28. The van der Waals surface area contributed by atoms with Crippen LogP contribution in [0, 0.1) is 6.92 Å². The molecule has 2 rings (SSSR count). The Labute approximate surface area is 140 Å². The van der Waals surface area contributed by atoms with Gasteiger partial charge in [-0.25, -0.2) is 0 Å². The van der Waals surface area contributed by atoms with Crippen LogP contribution in [0.1, 0.15) is 12.5 Å². The summed E-state index contributed by atoms with van der Waals surface area (Å²) in [5, 5.41) is 2.71. The number of benzene rings is 2. The number of anilines is 1. The second-order valence-electron chi connectivity index (χ2n) is 5.04. The standard InChI is InChI=1S/C18H19NO3S/c1-13-8-6-7-11-16(13)23-12-17(20)22-14(2)18(21)19-15-9-4-3-5-10-15/h3-11,14H,12H2,1-2H3,(H,19,21). The molecule has 0 spiro atoms. The van der Waals surface area contributed by atoms with Crippen molar-refractivity contribution >= 4 is 29.3 Å². The number of rotatable bonds is 6. The highest BCUT2D eigenvalue weighted by Crippen LogP contribution is 2.21. The third-order valence-electron chi connectivity index (χ3n) is 3.16. The highest BCUT2D eigenvalue weighted by atomic mass is 32.2. The Morgan fingerprint density at radius 1 is 1.09 bits per heavy atom. The summed E-state index contributed by atoms with van der Waals surface area (Å²) in [6.45, 7) is 3.55. The number of amides is 1. The van der Waals surface area contributed by atoms with E-state index in [0.29, 0.717) is 5.69 Å². The van der Waals surface area contributed by atoms with Gasteiger partial charge in [-0.2, -0.15) is 0 Å². The Kier molecular flexibility index (Phi) is 6.23.